The van der Waals surface area contributed by atoms with Crippen molar-refractivity contribution >= 4 is 19.6 Å². The van der Waals surface area contributed by atoms with E-state index in [1.807, 2.05) is 11.8 Å². The van der Waals surface area contributed by atoms with Crippen molar-refractivity contribution in [3.8, 4) is 0 Å². The number of rotatable bonds is 19. The highest BCUT2D eigenvalue weighted by Crippen LogP contribution is 2.25. The minimum absolute atomic E-state index is 0.339. The van der Waals surface area contributed by atoms with Gasteiger partial charge in [0.25, 0.3) is 0 Å². The minimum Gasteiger partial charge on any atom is -0.396 e. The lowest BCUT2D eigenvalue weighted by Crippen LogP contribution is -2.03. The molecule has 0 amide bonds. The monoisotopic (exact) mass is 442 g/mol. The van der Waals surface area contributed by atoms with E-state index in [4.69, 9.17) is 24.4 Å². The molecule has 0 bridgehead atoms. The van der Waals surface area contributed by atoms with Crippen LogP contribution in [0, 0.1) is 5.92 Å². The topological polar surface area (TPSA) is 98.0 Å². The molecule has 0 saturated heterocycles. The molecule has 0 aliphatic heterocycles. The molecule has 0 rings (SSSR count). The van der Waals surface area contributed by atoms with Gasteiger partial charge in [0.2, 0.25) is 0 Å². The third-order valence-electron chi connectivity index (χ3n) is 4.61. The van der Waals surface area contributed by atoms with E-state index in [1.54, 1.807) is 0 Å². The fourth-order valence-corrected chi connectivity index (χ4v) is 4.00. The second kappa shape index (κ2) is 23.7. The van der Waals surface area contributed by atoms with Gasteiger partial charge in [0.1, 0.15) is 0 Å². The van der Waals surface area contributed by atoms with Crippen LogP contribution in [0.3, 0.4) is 0 Å². The van der Waals surface area contributed by atoms with E-state index in [9.17, 15) is 0 Å². The van der Waals surface area contributed by atoms with E-state index in [0.29, 0.717) is 12.5 Å². The van der Waals surface area contributed by atoms with Crippen molar-refractivity contribution in [1.82, 2.24) is 0 Å². The lowest BCUT2D eigenvalue weighted by atomic mass is 10.0. The summed E-state index contributed by atoms with van der Waals surface area (Å²) in [5.41, 5.74) is 0. The summed E-state index contributed by atoms with van der Waals surface area (Å²) in [6, 6.07) is 0. The van der Waals surface area contributed by atoms with Gasteiger partial charge in [-0.1, -0.05) is 104 Å². The molecule has 0 spiro atoms. The Kier molecular flexibility index (Phi) is 25.9. The van der Waals surface area contributed by atoms with Gasteiger partial charge in [0.05, 0.1) is 0 Å². The van der Waals surface area contributed by atoms with Gasteiger partial charge in [-0.3, -0.25) is 0 Å². The quantitative estimate of drug-likeness (QED) is 0.139. The van der Waals surface area contributed by atoms with Crippen LogP contribution < -0.4 is 0 Å². The zero-order valence-corrected chi connectivity index (χ0v) is 20.1. The molecule has 1 atom stereocenters. The lowest BCUT2D eigenvalue weighted by Gasteiger charge is -2.07. The summed E-state index contributed by atoms with van der Waals surface area (Å²) in [5, 5.41) is 8.96. The fourth-order valence-electron chi connectivity index (χ4n) is 2.91. The van der Waals surface area contributed by atoms with Crippen molar-refractivity contribution in [3.63, 3.8) is 0 Å². The summed E-state index contributed by atoms with van der Waals surface area (Å²) in [6.07, 6.45) is 21.6. The van der Waals surface area contributed by atoms with Gasteiger partial charge in [-0.15, -0.1) is 0 Å². The zero-order chi connectivity index (χ0) is 21.5. The molecule has 0 heterocycles. The molecule has 0 aliphatic rings. The van der Waals surface area contributed by atoms with Crippen LogP contribution in [0.2, 0.25) is 0 Å². The first-order valence-electron chi connectivity index (χ1n) is 11.3. The van der Waals surface area contributed by atoms with E-state index in [-0.39, 0.29) is 0 Å². The van der Waals surface area contributed by atoms with Gasteiger partial charge < -0.3 is 19.8 Å². The highest BCUT2D eigenvalue weighted by Gasteiger charge is 2.00. The summed E-state index contributed by atoms with van der Waals surface area (Å²) < 4.78 is 8.88. The van der Waals surface area contributed by atoms with Crippen LogP contribution in [-0.2, 0) is 4.57 Å². The van der Waals surface area contributed by atoms with Crippen LogP contribution in [0.1, 0.15) is 110 Å². The number of aliphatic hydroxyl groups is 1. The smallest absolute Gasteiger partial charge is 0.396 e. The molecule has 28 heavy (non-hydrogen) atoms. The van der Waals surface area contributed by atoms with Crippen molar-refractivity contribution in [3.05, 3.63) is 0 Å². The summed E-state index contributed by atoms with van der Waals surface area (Å²) >= 11 is 2.01. The Morgan fingerprint density at radius 2 is 1.04 bits per heavy atom. The average molecular weight is 443 g/mol. The van der Waals surface area contributed by atoms with Gasteiger partial charge in [-0.2, -0.15) is 11.8 Å². The van der Waals surface area contributed by atoms with Gasteiger partial charge in [-0.25, -0.2) is 4.57 Å². The van der Waals surface area contributed by atoms with Crippen LogP contribution in [0.5, 0.6) is 0 Å². The Labute approximate surface area is 178 Å². The Morgan fingerprint density at radius 1 is 0.714 bits per heavy atom. The highest BCUT2D eigenvalue weighted by atomic mass is 32.2. The van der Waals surface area contributed by atoms with Gasteiger partial charge >= 0.3 is 7.82 Å². The molecule has 4 N–H and O–H groups in total. The highest BCUT2D eigenvalue weighted by molar-refractivity contribution is 7.99. The summed E-state index contributed by atoms with van der Waals surface area (Å²) in [5.74, 6) is 2.87. The number of thioether (sulfide) groups is 1. The molecule has 5 nitrogen and oxygen atoms in total. The number of hydrogen-bond donors (Lipinski definition) is 4. The van der Waals surface area contributed by atoms with E-state index in [0.717, 1.165) is 5.75 Å². The average Bonchev–Trinajstić information content (AvgIpc) is 2.62. The van der Waals surface area contributed by atoms with E-state index in [2.05, 4.69) is 13.8 Å². The van der Waals surface area contributed by atoms with Crippen molar-refractivity contribution in [2.75, 3.05) is 18.1 Å². The predicted molar refractivity (Wildman–Crippen MR) is 123 cm³/mol. The Balaban J connectivity index is 0. The molecule has 0 radical (unpaired) electrons. The fraction of sp³-hybridized carbons (Fsp3) is 1.00. The molecule has 1 unspecified atom stereocenters. The Hall–Kier alpha value is 0.420. The second-order valence-electron chi connectivity index (χ2n) is 7.83. The van der Waals surface area contributed by atoms with Crippen LogP contribution in [0.4, 0.5) is 0 Å². The first kappa shape index (κ1) is 30.6. The minimum atomic E-state index is -4.64. The van der Waals surface area contributed by atoms with Gasteiger partial charge in [0, 0.05) is 6.61 Å². The van der Waals surface area contributed by atoms with Crippen molar-refractivity contribution < 1.29 is 24.4 Å². The zero-order valence-electron chi connectivity index (χ0n) is 18.4. The largest absolute Gasteiger partial charge is 0.466 e. The molecule has 0 aromatic rings. The standard InChI is InChI=1S/C21H44OS.H3O4P/c1-3-4-5-6-7-8-9-10-11-12-13-14-15-16-17-18-23-20-21(2)19-22;1-5(2,3)4/h21-22H,3-20H2,1-2H3;(H3,1,2,3,4). The Morgan fingerprint density at radius 3 is 1.36 bits per heavy atom. The summed E-state index contributed by atoms with van der Waals surface area (Å²) in [4.78, 5) is 21.6. The lowest BCUT2D eigenvalue weighted by molar-refractivity contribution is 0.250. The molecule has 0 aliphatic carbocycles. The predicted octanol–water partition coefficient (Wildman–Crippen LogP) is 6.29. The van der Waals surface area contributed by atoms with Crippen molar-refractivity contribution in [2.24, 2.45) is 5.92 Å². The SMILES string of the molecule is CCCCCCCCCCCCCCCCCSCC(C)CO.O=P(O)(O)O. The number of unbranched alkanes of at least 4 members (excludes halogenated alkanes) is 14. The van der Waals surface area contributed by atoms with E-state index >= 15 is 0 Å². The van der Waals surface area contributed by atoms with E-state index in [1.165, 1.54) is 102 Å². The van der Waals surface area contributed by atoms with Crippen molar-refractivity contribution in [1.29, 1.82) is 0 Å². The van der Waals surface area contributed by atoms with Crippen molar-refractivity contribution in [2.45, 2.75) is 110 Å². The van der Waals surface area contributed by atoms with E-state index < -0.39 is 7.82 Å². The second-order valence-corrected chi connectivity index (χ2v) is 10.0. The van der Waals surface area contributed by atoms with Crippen LogP contribution in [-0.4, -0.2) is 37.9 Å². The van der Waals surface area contributed by atoms with Gasteiger partial charge in [-0.05, 0) is 23.8 Å². The maximum Gasteiger partial charge on any atom is 0.466 e. The molecule has 7 heteroatoms. The third kappa shape index (κ3) is 37.2. The number of aliphatic hydroxyl groups excluding tert-OH is 1. The molecule has 0 fully saturated rings. The van der Waals surface area contributed by atoms with Crippen LogP contribution in [0.15, 0.2) is 0 Å². The molecule has 0 aromatic carbocycles. The first-order chi connectivity index (χ1) is 13.3. The number of hydrogen-bond acceptors (Lipinski definition) is 3. The van der Waals surface area contributed by atoms with Crippen LogP contribution in [0.25, 0.3) is 0 Å². The normalized spacial score (nSPS) is 12.5. The first-order valence-corrected chi connectivity index (χ1v) is 14.0. The Bertz CT molecular complexity index is 330. The maximum absolute atomic E-state index is 8.96. The number of phosphoric acid groups is 1. The molecule has 0 saturated carbocycles. The summed E-state index contributed by atoms with van der Waals surface area (Å²) in [6.45, 7) is 4.75. The molecular weight excluding hydrogens is 395 g/mol. The summed E-state index contributed by atoms with van der Waals surface area (Å²) in [7, 11) is -4.64. The molecule has 0 aromatic heterocycles. The molecule has 172 valence electrons. The van der Waals surface area contributed by atoms with Crippen LogP contribution >= 0.6 is 19.6 Å². The molecular formula is C21H47O5PS. The maximum atomic E-state index is 8.96. The van der Waals surface area contributed by atoms with Gasteiger partial charge in [0.15, 0.2) is 0 Å². The third-order valence-corrected chi connectivity index (χ3v) is 5.99.